The van der Waals surface area contributed by atoms with E-state index in [-0.39, 0.29) is 18.2 Å². The molecule has 1 saturated heterocycles. The minimum atomic E-state index is -1.34. The minimum Gasteiger partial charge on any atom is -0.391 e. The summed E-state index contributed by atoms with van der Waals surface area (Å²) < 4.78 is 0. The lowest BCUT2D eigenvalue weighted by molar-refractivity contribution is 0.0610. The Kier molecular flexibility index (Phi) is 5.95. The van der Waals surface area contributed by atoms with Gasteiger partial charge in [0.1, 0.15) is 10.4 Å². The van der Waals surface area contributed by atoms with Gasteiger partial charge in [0.05, 0.1) is 27.9 Å². The Labute approximate surface area is 200 Å². The van der Waals surface area contributed by atoms with Crippen LogP contribution in [-0.2, 0) is 0 Å². The SMILES string of the molecule is Cc1nc(-c2ccccc2)c(C(=O)[C@]2(CNC(=O)c3cccc4cccnc34)NCC[C@@H]2O)s1. The molecule has 2 aromatic carbocycles. The summed E-state index contributed by atoms with van der Waals surface area (Å²) in [6.07, 6.45) is 1.11. The van der Waals surface area contributed by atoms with E-state index in [9.17, 15) is 14.7 Å². The molecule has 0 bridgehead atoms. The fraction of sp³-hybridized carbons (Fsp3) is 0.231. The van der Waals surface area contributed by atoms with Gasteiger partial charge in [-0.25, -0.2) is 4.98 Å². The number of carbonyl (C=O) groups excluding carboxylic acids is 2. The molecule has 1 aliphatic heterocycles. The van der Waals surface area contributed by atoms with Crippen LogP contribution in [0.15, 0.2) is 66.9 Å². The van der Waals surface area contributed by atoms with Crippen molar-refractivity contribution in [2.75, 3.05) is 13.1 Å². The first-order valence-electron chi connectivity index (χ1n) is 11.1. The van der Waals surface area contributed by atoms with Crippen molar-refractivity contribution in [2.45, 2.75) is 25.0 Å². The van der Waals surface area contributed by atoms with Crippen LogP contribution in [0.5, 0.6) is 0 Å². The van der Waals surface area contributed by atoms with Gasteiger partial charge in [-0.05, 0) is 32.0 Å². The first-order chi connectivity index (χ1) is 16.5. The van der Waals surface area contributed by atoms with E-state index in [1.165, 1.54) is 11.3 Å². The minimum absolute atomic E-state index is 0.0553. The number of aliphatic hydroxyl groups excluding tert-OH is 1. The molecule has 0 saturated carbocycles. The number of rotatable bonds is 6. The molecule has 3 N–H and O–H groups in total. The molecule has 0 radical (unpaired) electrons. The first kappa shape index (κ1) is 22.3. The number of ketones is 1. The fourth-order valence-corrected chi connectivity index (χ4v) is 5.43. The number of hydrogen-bond donors (Lipinski definition) is 3. The zero-order valence-corrected chi connectivity index (χ0v) is 19.4. The van der Waals surface area contributed by atoms with Crippen LogP contribution in [0.25, 0.3) is 22.2 Å². The summed E-state index contributed by atoms with van der Waals surface area (Å²) >= 11 is 1.30. The third-order valence-electron chi connectivity index (χ3n) is 6.22. The molecular formula is C26H24N4O3S. The number of nitrogens with zero attached hydrogens (tertiary/aromatic N) is 2. The summed E-state index contributed by atoms with van der Waals surface area (Å²) in [4.78, 5) is 36.5. The highest BCUT2D eigenvalue weighted by Gasteiger charge is 2.50. The predicted octanol–water partition coefficient (Wildman–Crippen LogP) is 3.37. The van der Waals surface area contributed by atoms with Crippen molar-refractivity contribution in [3.63, 3.8) is 0 Å². The number of amides is 1. The molecular weight excluding hydrogens is 448 g/mol. The van der Waals surface area contributed by atoms with E-state index in [1.807, 2.05) is 55.5 Å². The Morgan fingerprint density at radius 1 is 1.15 bits per heavy atom. The second-order valence-electron chi connectivity index (χ2n) is 8.37. The molecule has 172 valence electrons. The van der Waals surface area contributed by atoms with Gasteiger partial charge < -0.3 is 15.7 Å². The molecule has 0 unspecified atom stereocenters. The Morgan fingerprint density at radius 3 is 2.71 bits per heavy atom. The van der Waals surface area contributed by atoms with E-state index in [4.69, 9.17) is 0 Å². The van der Waals surface area contributed by atoms with Crippen molar-refractivity contribution in [3.8, 4) is 11.3 Å². The average molecular weight is 473 g/mol. The summed E-state index contributed by atoms with van der Waals surface area (Å²) in [5.74, 6) is -0.612. The van der Waals surface area contributed by atoms with Crippen LogP contribution in [0.1, 0.15) is 31.5 Å². The van der Waals surface area contributed by atoms with Crippen LogP contribution in [0.4, 0.5) is 0 Å². The molecule has 2 atom stereocenters. The van der Waals surface area contributed by atoms with Gasteiger partial charge in [-0.15, -0.1) is 11.3 Å². The number of hydrogen-bond acceptors (Lipinski definition) is 7. The van der Waals surface area contributed by atoms with Gasteiger partial charge in [0.2, 0.25) is 0 Å². The van der Waals surface area contributed by atoms with E-state index in [0.717, 1.165) is 16.0 Å². The third kappa shape index (κ3) is 3.90. The van der Waals surface area contributed by atoms with Crippen LogP contribution < -0.4 is 10.6 Å². The van der Waals surface area contributed by atoms with E-state index in [2.05, 4.69) is 20.6 Å². The fourth-order valence-electron chi connectivity index (χ4n) is 4.47. The Morgan fingerprint density at radius 2 is 1.94 bits per heavy atom. The average Bonchev–Trinajstić information content (AvgIpc) is 3.45. The van der Waals surface area contributed by atoms with Gasteiger partial charge in [0.25, 0.3) is 5.91 Å². The lowest BCUT2D eigenvalue weighted by Gasteiger charge is -2.31. The number of Topliss-reactive ketones (excluding diaryl/α,β-unsaturated/α-hetero) is 1. The number of carbonyl (C=O) groups is 2. The summed E-state index contributed by atoms with van der Waals surface area (Å²) in [5.41, 5.74) is 1.11. The van der Waals surface area contributed by atoms with E-state index < -0.39 is 11.6 Å². The highest BCUT2D eigenvalue weighted by Crippen LogP contribution is 2.34. The normalized spacial score (nSPS) is 19.9. The summed E-state index contributed by atoms with van der Waals surface area (Å²) in [5, 5.41) is 18.6. The molecule has 1 amide bonds. The molecule has 1 aliphatic rings. The molecule has 3 heterocycles. The van der Waals surface area contributed by atoms with Gasteiger partial charge in [0.15, 0.2) is 5.78 Å². The maximum absolute atomic E-state index is 13.9. The Bertz CT molecular complexity index is 1370. The Hall–Kier alpha value is -3.46. The lowest BCUT2D eigenvalue weighted by Crippen LogP contribution is -2.61. The molecule has 8 heteroatoms. The molecule has 5 rings (SSSR count). The quantitative estimate of drug-likeness (QED) is 0.372. The number of benzene rings is 2. The lowest BCUT2D eigenvalue weighted by atomic mass is 9.87. The van der Waals surface area contributed by atoms with Crippen molar-refractivity contribution in [2.24, 2.45) is 0 Å². The number of nitrogens with one attached hydrogen (secondary N) is 2. The molecule has 34 heavy (non-hydrogen) atoms. The first-order valence-corrected chi connectivity index (χ1v) is 11.9. The van der Waals surface area contributed by atoms with Gasteiger partial charge >= 0.3 is 0 Å². The molecule has 4 aromatic rings. The third-order valence-corrected chi connectivity index (χ3v) is 7.19. The molecule has 0 spiro atoms. The smallest absolute Gasteiger partial charge is 0.253 e. The van der Waals surface area contributed by atoms with E-state index in [0.29, 0.717) is 34.6 Å². The number of para-hydroxylation sites is 1. The van der Waals surface area contributed by atoms with Gasteiger partial charge in [-0.3, -0.25) is 14.6 Å². The summed E-state index contributed by atoms with van der Waals surface area (Å²) in [6.45, 7) is 2.27. The zero-order valence-electron chi connectivity index (χ0n) is 18.6. The van der Waals surface area contributed by atoms with Crippen LogP contribution in [0, 0.1) is 6.92 Å². The maximum Gasteiger partial charge on any atom is 0.253 e. The Balaban J connectivity index is 1.47. The molecule has 0 aliphatic carbocycles. The zero-order chi connectivity index (χ0) is 23.7. The monoisotopic (exact) mass is 472 g/mol. The number of fused-ring (bicyclic) bond motifs is 1. The number of aryl methyl sites for hydroxylation is 1. The number of aliphatic hydroxyl groups is 1. The molecule has 7 nitrogen and oxygen atoms in total. The van der Waals surface area contributed by atoms with Crippen molar-refractivity contribution >= 4 is 33.9 Å². The summed E-state index contributed by atoms with van der Waals surface area (Å²) in [6, 6.07) is 18.6. The predicted molar refractivity (Wildman–Crippen MR) is 132 cm³/mol. The number of pyridine rings is 1. The van der Waals surface area contributed by atoms with Gasteiger partial charge in [0, 0.05) is 23.7 Å². The van der Waals surface area contributed by atoms with Crippen LogP contribution >= 0.6 is 11.3 Å². The maximum atomic E-state index is 13.9. The van der Waals surface area contributed by atoms with Crippen molar-refractivity contribution < 1.29 is 14.7 Å². The van der Waals surface area contributed by atoms with Crippen LogP contribution in [-0.4, -0.2) is 51.5 Å². The number of thiazole rings is 1. The second kappa shape index (κ2) is 9.06. The van der Waals surface area contributed by atoms with Crippen molar-refractivity contribution in [3.05, 3.63) is 82.3 Å². The van der Waals surface area contributed by atoms with Crippen molar-refractivity contribution in [1.29, 1.82) is 0 Å². The van der Waals surface area contributed by atoms with Crippen LogP contribution in [0.2, 0.25) is 0 Å². The van der Waals surface area contributed by atoms with Crippen molar-refractivity contribution in [1.82, 2.24) is 20.6 Å². The van der Waals surface area contributed by atoms with E-state index >= 15 is 0 Å². The second-order valence-corrected chi connectivity index (χ2v) is 9.57. The van der Waals surface area contributed by atoms with Crippen LogP contribution in [0.3, 0.4) is 0 Å². The topological polar surface area (TPSA) is 104 Å². The highest BCUT2D eigenvalue weighted by molar-refractivity contribution is 7.14. The molecule has 1 fully saturated rings. The van der Waals surface area contributed by atoms with E-state index in [1.54, 1.807) is 18.3 Å². The highest BCUT2D eigenvalue weighted by atomic mass is 32.1. The van der Waals surface area contributed by atoms with Gasteiger partial charge in [-0.1, -0.05) is 48.5 Å². The molecule has 2 aromatic heterocycles. The summed E-state index contributed by atoms with van der Waals surface area (Å²) in [7, 11) is 0. The number of aromatic nitrogens is 2. The largest absolute Gasteiger partial charge is 0.391 e. The standard InChI is InChI=1S/C26H24N4O3S/c1-16-30-22(18-7-3-2-4-8-18)23(34-16)24(32)26(20(31)12-14-29-26)15-28-25(33)19-11-5-9-17-10-6-13-27-21(17)19/h2-11,13,20,29,31H,12,14-15H2,1H3,(H,28,33)/t20-,26+/m0/s1. The van der Waals surface area contributed by atoms with Gasteiger partial charge in [-0.2, -0.15) is 0 Å².